The molecule has 0 heterocycles. The Balaban J connectivity index is 2.28. The maximum atomic E-state index is 11.7. The van der Waals surface area contributed by atoms with E-state index in [0.29, 0.717) is 23.2 Å². The number of carbonyl (C=O) groups is 1. The Morgan fingerprint density at radius 3 is 2.47 bits per heavy atom. The lowest BCUT2D eigenvalue weighted by atomic mass is 10.1. The van der Waals surface area contributed by atoms with Crippen LogP contribution in [-0.4, -0.2) is 24.7 Å². The van der Waals surface area contributed by atoms with E-state index in [1.54, 1.807) is 19.2 Å². The van der Waals surface area contributed by atoms with E-state index in [9.17, 15) is 4.79 Å². The van der Waals surface area contributed by atoms with Crippen LogP contribution in [0.4, 0.5) is 0 Å². The van der Waals surface area contributed by atoms with E-state index in [4.69, 9.17) is 9.47 Å². The molecular formula is C15H21NO3. The highest BCUT2D eigenvalue weighted by Crippen LogP contribution is 2.36. The van der Waals surface area contributed by atoms with Gasteiger partial charge in [-0.1, -0.05) is 0 Å². The van der Waals surface area contributed by atoms with E-state index in [0.717, 1.165) is 12.8 Å². The first-order chi connectivity index (χ1) is 8.89. The predicted octanol–water partition coefficient (Wildman–Crippen LogP) is 2.76. The van der Waals surface area contributed by atoms with Crippen LogP contribution < -0.4 is 14.8 Å². The fourth-order valence-electron chi connectivity index (χ4n) is 1.67. The third kappa shape index (κ3) is 3.88. The summed E-state index contributed by atoms with van der Waals surface area (Å²) in [5.74, 6) is 1.21. The van der Waals surface area contributed by atoms with Crippen molar-refractivity contribution in [3.63, 3.8) is 0 Å². The van der Waals surface area contributed by atoms with Gasteiger partial charge in [0.2, 0.25) is 0 Å². The zero-order valence-electron chi connectivity index (χ0n) is 11.9. The smallest absolute Gasteiger partial charge is 0.251 e. The van der Waals surface area contributed by atoms with E-state index < -0.39 is 0 Å². The molecule has 0 radical (unpaired) electrons. The molecule has 104 valence electrons. The average Bonchev–Trinajstić information content (AvgIpc) is 3.12. The van der Waals surface area contributed by atoms with Gasteiger partial charge < -0.3 is 14.8 Å². The molecule has 1 amide bonds. The normalized spacial score (nSPS) is 14.9. The number of carbonyl (C=O) groups excluding carboxylic acids is 1. The average molecular weight is 263 g/mol. The topological polar surface area (TPSA) is 47.6 Å². The molecule has 19 heavy (non-hydrogen) atoms. The highest BCUT2D eigenvalue weighted by Gasteiger charge is 2.26. The first-order valence-corrected chi connectivity index (χ1v) is 6.61. The van der Waals surface area contributed by atoms with Gasteiger partial charge in [0.15, 0.2) is 11.5 Å². The van der Waals surface area contributed by atoms with Crippen LogP contribution in [0.25, 0.3) is 0 Å². The minimum Gasteiger partial charge on any atom is -0.487 e. The number of hydrogen-bond acceptors (Lipinski definition) is 3. The lowest BCUT2D eigenvalue weighted by Crippen LogP contribution is -2.24. The highest BCUT2D eigenvalue weighted by molar-refractivity contribution is 5.94. The molecular weight excluding hydrogens is 242 g/mol. The van der Waals surface area contributed by atoms with Gasteiger partial charge in [0.1, 0.15) is 5.60 Å². The quantitative estimate of drug-likeness (QED) is 0.908. The first-order valence-electron chi connectivity index (χ1n) is 6.61. The predicted molar refractivity (Wildman–Crippen MR) is 73.9 cm³/mol. The maximum absolute atomic E-state index is 11.7. The summed E-state index contributed by atoms with van der Waals surface area (Å²) >= 11 is 0. The number of hydrogen-bond donors (Lipinski definition) is 1. The molecule has 4 heteroatoms. The minimum absolute atomic E-state index is 0.128. The summed E-state index contributed by atoms with van der Waals surface area (Å²) in [6.07, 6.45) is 2.48. The van der Waals surface area contributed by atoms with Crippen molar-refractivity contribution in [1.29, 1.82) is 0 Å². The van der Waals surface area contributed by atoms with Gasteiger partial charge in [0, 0.05) is 12.6 Å². The second kappa shape index (κ2) is 5.11. The summed E-state index contributed by atoms with van der Waals surface area (Å²) in [6.45, 7) is 5.92. The molecule has 1 saturated carbocycles. The molecule has 1 aliphatic rings. The van der Waals surface area contributed by atoms with Gasteiger partial charge in [-0.15, -0.1) is 0 Å². The van der Waals surface area contributed by atoms with E-state index in [2.05, 4.69) is 5.32 Å². The van der Waals surface area contributed by atoms with Crippen molar-refractivity contribution < 1.29 is 14.3 Å². The van der Waals surface area contributed by atoms with Gasteiger partial charge in [-0.2, -0.15) is 0 Å². The number of nitrogens with one attached hydrogen (secondary N) is 1. The minimum atomic E-state index is -0.330. The number of rotatable bonds is 4. The van der Waals surface area contributed by atoms with Crippen molar-refractivity contribution in [1.82, 2.24) is 5.32 Å². The molecule has 2 rings (SSSR count). The van der Waals surface area contributed by atoms with Crippen LogP contribution in [0.1, 0.15) is 44.0 Å². The molecule has 0 unspecified atom stereocenters. The summed E-state index contributed by atoms with van der Waals surface area (Å²) < 4.78 is 11.7. The zero-order valence-corrected chi connectivity index (χ0v) is 11.9. The largest absolute Gasteiger partial charge is 0.487 e. The van der Waals surface area contributed by atoms with Crippen molar-refractivity contribution in [2.45, 2.75) is 45.3 Å². The number of amides is 1. The summed E-state index contributed by atoms with van der Waals surface area (Å²) in [5.41, 5.74) is 0.244. The summed E-state index contributed by atoms with van der Waals surface area (Å²) in [6, 6.07) is 5.30. The number of benzene rings is 1. The van der Waals surface area contributed by atoms with Crippen molar-refractivity contribution in [2.75, 3.05) is 7.05 Å². The van der Waals surface area contributed by atoms with Crippen LogP contribution in [0.2, 0.25) is 0 Å². The molecule has 0 aromatic heterocycles. The monoisotopic (exact) mass is 263 g/mol. The molecule has 1 aromatic carbocycles. The van der Waals surface area contributed by atoms with Crippen LogP contribution in [-0.2, 0) is 0 Å². The molecule has 1 aromatic rings. The van der Waals surface area contributed by atoms with Gasteiger partial charge in [-0.05, 0) is 51.8 Å². The van der Waals surface area contributed by atoms with Crippen LogP contribution in [0.15, 0.2) is 18.2 Å². The van der Waals surface area contributed by atoms with Gasteiger partial charge in [0.25, 0.3) is 5.91 Å². The standard InChI is InChI=1S/C15H21NO3/c1-15(2,3)19-13-9-10(14(17)16-4)5-8-12(13)18-11-6-7-11/h5,8-9,11H,6-7H2,1-4H3,(H,16,17). The molecule has 0 aliphatic heterocycles. The molecule has 1 fully saturated rings. The van der Waals surface area contributed by atoms with Crippen LogP contribution >= 0.6 is 0 Å². The molecule has 1 N–H and O–H groups in total. The lowest BCUT2D eigenvalue weighted by molar-refractivity contribution is 0.0958. The molecule has 0 atom stereocenters. The molecule has 0 bridgehead atoms. The van der Waals surface area contributed by atoms with Gasteiger partial charge in [0.05, 0.1) is 6.10 Å². The lowest BCUT2D eigenvalue weighted by Gasteiger charge is -2.23. The van der Waals surface area contributed by atoms with Crippen molar-refractivity contribution in [2.24, 2.45) is 0 Å². The van der Waals surface area contributed by atoms with Crippen molar-refractivity contribution in [3.05, 3.63) is 23.8 Å². The Hall–Kier alpha value is -1.71. The maximum Gasteiger partial charge on any atom is 0.251 e. The zero-order chi connectivity index (χ0) is 14.0. The van der Waals surface area contributed by atoms with Gasteiger partial charge in [-0.25, -0.2) is 0 Å². The molecule has 4 nitrogen and oxygen atoms in total. The van der Waals surface area contributed by atoms with Gasteiger partial charge >= 0.3 is 0 Å². The SMILES string of the molecule is CNC(=O)c1ccc(OC2CC2)c(OC(C)(C)C)c1. The van der Waals surface area contributed by atoms with Crippen LogP contribution in [0.3, 0.4) is 0 Å². The Kier molecular flexibility index (Phi) is 3.69. The summed E-state index contributed by atoms with van der Waals surface area (Å²) in [7, 11) is 1.61. The second-order valence-corrected chi connectivity index (χ2v) is 5.77. The van der Waals surface area contributed by atoms with E-state index in [1.165, 1.54) is 0 Å². The fraction of sp³-hybridized carbons (Fsp3) is 0.533. The Labute approximate surface area is 114 Å². The van der Waals surface area contributed by atoms with E-state index >= 15 is 0 Å². The second-order valence-electron chi connectivity index (χ2n) is 5.77. The highest BCUT2D eigenvalue weighted by atomic mass is 16.5. The van der Waals surface area contributed by atoms with Crippen molar-refractivity contribution in [3.8, 4) is 11.5 Å². The summed E-state index contributed by atoms with van der Waals surface area (Å²) in [5, 5.41) is 2.61. The fourth-order valence-corrected chi connectivity index (χ4v) is 1.67. The van der Waals surface area contributed by atoms with Crippen LogP contribution in [0.5, 0.6) is 11.5 Å². The third-order valence-electron chi connectivity index (χ3n) is 2.67. The molecule has 1 aliphatic carbocycles. The third-order valence-corrected chi connectivity index (χ3v) is 2.67. The van der Waals surface area contributed by atoms with E-state index in [-0.39, 0.29) is 11.5 Å². The Bertz CT molecular complexity index is 473. The van der Waals surface area contributed by atoms with Crippen molar-refractivity contribution >= 4 is 5.91 Å². The molecule has 0 spiro atoms. The first kappa shape index (κ1) is 13.7. The number of ether oxygens (including phenoxy) is 2. The van der Waals surface area contributed by atoms with E-state index in [1.807, 2.05) is 26.8 Å². The van der Waals surface area contributed by atoms with Crippen LogP contribution in [0, 0.1) is 0 Å². The molecule has 0 saturated heterocycles. The van der Waals surface area contributed by atoms with Gasteiger partial charge in [-0.3, -0.25) is 4.79 Å². The Morgan fingerprint density at radius 2 is 1.95 bits per heavy atom. The summed E-state index contributed by atoms with van der Waals surface area (Å²) in [4.78, 5) is 11.7. The Morgan fingerprint density at radius 1 is 1.26 bits per heavy atom.